The maximum Gasteiger partial charge on any atom is 0.306 e. The molecule has 50 valence electrons. The van der Waals surface area contributed by atoms with Crippen molar-refractivity contribution in [2.75, 3.05) is 0 Å². The van der Waals surface area contributed by atoms with Gasteiger partial charge < -0.3 is 5.11 Å². The summed E-state index contributed by atoms with van der Waals surface area (Å²) >= 11 is 0. The molecule has 0 amide bonds. The van der Waals surface area contributed by atoms with Gasteiger partial charge in [0.25, 0.3) is 0 Å². The Morgan fingerprint density at radius 3 is 2.33 bits per heavy atom. The Morgan fingerprint density at radius 1 is 1.44 bits per heavy atom. The highest BCUT2D eigenvalue weighted by Crippen LogP contribution is 2.63. The van der Waals surface area contributed by atoms with Gasteiger partial charge in [0.15, 0.2) is 0 Å². The van der Waals surface area contributed by atoms with Crippen molar-refractivity contribution >= 4 is 5.97 Å². The molecule has 2 aliphatic rings. The number of hydrogen-bond donors (Lipinski definition) is 1. The van der Waals surface area contributed by atoms with E-state index in [4.69, 9.17) is 5.11 Å². The van der Waals surface area contributed by atoms with E-state index in [9.17, 15) is 4.79 Å². The van der Waals surface area contributed by atoms with Crippen molar-refractivity contribution in [2.24, 2.45) is 11.3 Å². The van der Waals surface area contributed by atoms with Gasteiger partial charge in [-0.15, -0.1) is 0 Å². The molecule has 0 aromatic carbocycles. The van der Waals surface area contributed by atoms with Gasteiger partial charge in [0.1, 0.15) is 0 Å². The molecule has 0 atom stereocenters. The Kier molecular flexibility index (Phi) is 0.765. The molecule has 0 bridgehead atoms. The summed E-state index contributed by atoms with van der Waals surface area (Å²) in [7, 11) is 0. The topological polar surface area (TPSA) is 37.3 Å². The number of carbonyl (C=O) groups is 1. The van der Waals surface area contributed by atoms with Crippen molar-refractivity contribution in [1.82, 2.24) is 0 Å². The van der Waals surface area contributed by atoms with Crippen molar-refractivity contribution < 1.29 is 9.90 Å². The first-order chi connectivity index (χ1) is 4.22. The molecule has 1 N–H and O–H groups in total. The fourth-order valence-corrected chi connectivity index (χ4v) is 1.75. The quantitative estimate of drug-likeness (QED) is 0.574. The smallest absolute Gasteiger partial charge is 0.306 e. The van der Waals surface area contributed by atoms with Crippen LogP contribution in [0.5, 0.6) is 0 Å². The highest BCUT2D eigenvalue weighted by Gasteiger charge is 2.55. The zero-order valence-electron chi connectivity index (χ0n) is 5.26. The first kappa shape index (κ1) is 5.27. The zero-order valence-corrected chi connectivity index (χ0v) is 5.26. The van der Waals surface area contributed by atoms with Crippen molar-refractivity contribution in [3.8, 4) is 0 Å². The number of rotatable bonds is 1. The maximum atomic E-state index is 10.3. The van der Waals surface area contributed by atoms with Crippen molar-refractivity contribution in [3.05, 3.63) is 0 Å². The fourth-order valence-electron chi connectivity index (χ4n) is 1.75. The normalized spacial score (nSPS) is 29.8. The summed E-state index contributed by atoms with van der Waals surface area (Å²) in [5.41, 5.74) is 0.545. The van der Waals surface area contributed by atoms with Crippen LogP contribution in [0.25, 0.3) is 0 Å². The first-order valence-electron chi connectivity index (χ1n) is 3.45. The molecule has 0 aliphatic heterocycles. The third-order valence-corrected chi connectivity index (χ3v) is 2.67. The van der Waals surface area contributed by atoms with Crippen LogP contribution >= 0.6 is 0 Å². The van der Waals surface area contributed by atoms with Gasteiger partial charge in [0.05, 0.1) is 5.92 Å². The van der Waals surface area contributed by atoms with Crippen LogP contribution in [-0.4, -0.2) is 11.1 Å². The maximum absolute atomic E-state index is 10.3. The van der Waals surface area contributed by atoms with Crippen LogP contribution < -0.4 is 0 Å². The second kappa shape index (κ2) is 1.31. The minimum Gasteiger partial charge on any atom is -0.481 e. The van der Waals surface area contributed by atoms with Crippen LogP contribution in [0.3, 0.4) is 0 Å². The molecular weight excluding hydrogens is 116 g/mol. The molecule has 2 aliphatic carbocycles. The summed E-state index contributed by atoms with van der Waals surface area (Å²) in [5, 5.41) is 8.49. The highest BCUT2D eigenvalue weighted by atomic mass is 16.4. The van der Waals surface area contributed by atoms with Crippen molar-refractivity contribution in [2.45, 2.75) is 25.7 Å². The summed E-state index contributed by atoms with van der Waals surface area (Å²) in [5.74, 6) is -0.583. The summed E-state index contributed by atoms with van der Waals surface area (Å²) in [6.45, 7) is 0. The monoisotopic (exact) mass is 126 g/mol. The Hall–Kier alpha value is -0.530. The lowest BCUT2D eigenvalue weighted by molar-refractivity contribution is -0.147. The van der Waals surface area contributed by atoms with E-state index in [1.54, 1.807) is 0 Å². The molecule has 0 radical (unpaired) electrons. The summed E-state index contributed by atoms with van der Waals surface area (Å²) in [4.78, 5) is 10.3. The molecule has 0 aromatic heterocycles. The van der Waals surface area contributed by atoms with E-state index in [2.05, 4.69) is 0 Å². The lowest BCUT2D eigenvalue weighted by Crippen LogP contribution is -2.31. The van der Waals surface area contributed by atoms with Crippen molar-refractivity contribution in [3.63, 3.8) is 0 Å². The molecular formula is C7H10O2. The van der Waals surface area contributed by atoms with E-state index in [-0.39, 0.29) is 5.92 Å². The second-order valence-electron chi connectivity index (χ2n) is 3.44. The third kappa shape index (κ3) is 0.655. The van der Waals surface area contributed by atoms with E-state index >= 15 is 0 Å². The number of carboxylic acids is 1. The average molecular weight is 126 g/mol. The zero-order chi connectivity index (χ0) is 6.48. The van der Waals surface area contributed by atoms with Gasteiger partial charge in [0, 0.05) is 0 Å². The molecule has 0 unspecified atom stereocenters. The third-order valence-electron chi connectivity index (χ3n) is 2.67. The Morgan fingerprint density at radius 2 is 2.00 bits per heavy atom. The minimum absolute atomic E-state index is 0.00694. The molecule has 2 nitrogen and oxygen atoms in total. The van der Waals surface area contributed by atoms with Gasteiger partial charge in [-0.25, -0.2) is 0 Å². The molecule has 2 fully saturated rings. The predicted octanol–water partition coefficient (Wildman–Crippen LogP) is 1.26. The van der Waals surface area contributed by atoms with E-state index in [0.717, 1.165) is 12.8 Å². The van der Waals surface area contributed by atoms with Gasteiger partial charge in [-0.3, -0.25) is 4.79 Å². The van der Waals surface area contributed by atoms with Crippen LogP contribution in [-0.2, 0) is 4.79 Å². The molecule has 2 heteroatoms. The van der Waals surface area contributed by atoms with Gasteiger partial charge >= 0.3 is 5.97 Å². The van der Waals surface area contributed by atoms with E-state index in [1.807, 2.05) is 0 Å². The van der Waals surface area contributed by atoms with Gasteiger partial charge in [-0.05, 0) is 31.1 Å². The Balaban J connectivity index is 1.90. The Labute approximate surface area is 53.9 Å². The highest BCUT2D eigenvalue weighted by molar-refractivity contribution is 5.71. The van der Waals surface area contributed by atoms with E-state index < -0.39 is 5.97 Å². The van der Waals surface area contributed by atoms with Crippen LogP contribution in [0, 0.1) is 11.3 Å². The second-order valence-corrected chi connectivity index (χ2v) is 3.44. The molecule has 2 saturated carbocycles. The summed E-state index contributed by atoms with van der Waals surface area (Å²) in [6.07, 6.45) is 4.50. The summed E-state index contributed by atoms with van der Waals surface area (Å²) in [6, 6.07) is 0. The molecule has 2 rings (SSSR count). The largest absolute Gasteiger partial charge is 0.481 e. The first-order valence-corrected chi connectivity index (χ1v) is 3.45. The van der Waals surface area contributed by atoms with Crippen molar-refractivity contribution in [1.29, 1.82) is 0 Å². The molecule has 1 spiro atoms. The number of aliphatic carboxylic acids is 1. The van der Waals surface area contributed by atoms with E-state index in [0.29, 0.717) is 5.41 Å². The SMILES string of the molecule is O=C(O)C1CC2(CC2)C1. The van der Waals surface area contributed by atoms with Crippen LogP contribution in [0.2, 0.25) is 0 Å². The van der Waals surface area contributed by atoms with Gasteiger partial charge in [0.2, 0.25) is 0 Å². The lowest BCUT2D eigenvalue weighted by atomic mass is 9.72. The molecule has 0 heterocycles. The predicted molar refractivity (Wildman–Crippen MR) is 32.0 cm³/mol. The Bertz CT molecular complexity index is 150. The standard InChI is InChI=1S/C7H10O2/c8-6(9)5-3-7(4-5)1-2-7/h5H,1-4H2,(H,8,9). The molecule has 0 aromatic rings. The van der Waals surface area contributed by atoms with Crippen LogP contribution in [0.4, 0.5) is 0 Å². The van der Waals surface area contributed by atoms with E-state index in [1.165, 1.54) is 12.8 Å². The lowest BCUT2D eigenvalue weighted by Gasteiger charge is -2.32. The molecule has 9 heavy (non-hydrogen) atoms. The molecule has 0 saturated heterocycles. The minimum atomic E-state index is -0.590. The van der Waals surface area contributed by atoms with Gasteiger partial charge in [-0.1, -0.05) is 0 Å². The van der Waals surface area contributed by atoms with Crippen LogP contribution in [0.15, 0.2) is 0 Å². The number of carboxylic acid groups (broad SMARTS) is 1. The summed E-state index contributed by atoms with van der Waals surface area (Å²) < 4.78 is 0. The van der Waals surface area contributed by atoms with Gasteiger partial charge in [-0.2, -0.15) is 0 Å². The van der Waals surface area contributed by atoms with Crippen LogP contribution in [0.1, 0.15) is 25.7 Å². The fraction of sp³-hybridized carbons (Fsp3) is 0.857. The number of hydrogen-bond acceptors (Lipinski definition) is 1. The average Bonchev–Trinajstić information content (AvgIpc) is 2.35.